The SMILES string of the molecule is CCCCCc1ccc(OCC(CC#CCCCC(=O)OC)SC(C)=O)cc1. The molecule has 0 fully saturated rings. The predicted molar refractivity (Wildman–Crippen MR) is 115 cm³/mol. The first-order chi connectivity index (χ1) is 13.5. The Morgan fingerprint density at radius 1 is 1.11 bits per heavy atom. The number of benzene rings is 1. The summed E-state index contributed by atoms with van der Waals surface area (Å²) in [7, 11) is 1.39. The molecule has 0 saturated carbocycles. The molecule has 28 heavy (non-hydrogen) atoms. The highest BCUT2D eigenvalue weighted by molar-refractivity contribution is 8.14. The minimum Gasteiger partial charge on any atom is -0.492 e. The number of methoxy groups -OCH3 is 1. The average molecular weight is 405 g/mol. The second-order valence-electron chi connectivity index (χ2n) is 6.63. The summed E-state index contributed by atoms with van der Waals surface area (Å²) in [6.45, 7) is 4.21. The summed E-state index contributed by atoms with van der Waals surface area (Å²) in [5.41, 5.74) is 1.33. The van der Waals surface area contributed by atoms with Gasteiger partial charge in [-0.2, -0.15) is 0 Å². The minimum atomic E-state index is -0.211. The molecule has 0 aromatic heterocycles. The van der Waals surface area contributed by atoms with E-state index in [9.17, 15) is 9.59 Å². The van der Waals surface area contributed by atoms with Crippen LogP contribution in [0.15, 0.2) is 24.3 Å². The van der Waals surface area contributed by atoms with Crippen LogP contribution in [0.1, 0.15) is 64.4 Å². The summed E-state index contributed by atoms with van der Waals surface area (Å²) < 4.78 is 10.5. The van der Waals surface area contributed by atoms with Gasteiger partial charge in [-0.05, 0) is 37.0 Å². The molecule has 0 aliphatic heterocycles. The van der Waals surface area contributed by atoms with Gasteiger partial charge in [-0.3, -0.25) is 9.59 Å². The Morgan fingerprint density at radius 3 is 2.50 bits per heavy atom. The summed E-state index contributed by atoms with van der Waals surface area (Å²) in [6.07, 6.45) is 7.09. The lowest BCUT2D eigenvalue weighted by molar-refractivity contribution is -0.140. The second-order valence-corrected chi connectivity index (χ2v) is 8.11. The molecule has 0 saturated heterocycles. The van der Waals surface area contributed by atoms with Crippen LogP contribution in [0.2, 0.25) is 0 Å². The highest BCUT2D eigenvalue weighted by Crippen LogP contribution is 2.19. The summed E-state index contributed by atoms with van der Waals surface area (Å²) >= 11 is 1.27. The van der Waals surface area contributed by atoms with Crippen molar-refractivity contribution in [1.82, 2.24) is 0 Å². The van der Waals surface area contributed by atoms with Gasteiger partial charge in [-0.25, -0.2) is 0 Å². The van der Waals surface area contributed by atoms with Crippen molar-refractivity contribution in [3.05, 3.63) is 29.8 Å². The van der Waals surface area contributed by atoms with Crippen molar-refractivity contribution in [1.29, 1.82) is 0 Å². The lowest BCUT2D eigenvalue weighted by atomic mass is 10.1. The van der Waals surface area contributed by atoms with Gasteiger partial charge >= 0.3 is 5.97 Å². The van der Waals surface area contributed by atoms with Gasteiger partial charge in [0.05, 0.1) is 12.4 Å². The number of rotatable bonds is 12. The third-order valence-electron chi connectivity index (χ3n) is 4.13. The molecule has 0 heterocycles. The first kappa shape index (κ1) is 24.1. The molecule has 0 amide bonds. The number of unbranched alkanes of at least 4 members (excludes halogenated alkanes) is 3. The molecule has 154 valence electrons. The number of hydrogen-bond acceptors (Lipinski definition) is 5. The van der Waals surface area contributed by atoms with Gasteiger partial charge in [0, 0.05) is 26.2 Å². The van der Waals surface area contributed by atoms with Crippen LogP contribution in [0.4, 0.5) is 0 Å². The van der Waals surface area contributed by atoms with Crippen molar-refractivity contribution < 1.29 is 19.1 Å². The van der Waals surface area contributed by atoms with Crippen molar-refractivity contribution in [2.24, 2.45) is 0 Å². The quantitative estimate of drug-likeness (QED) is 0.273. The molecule has 1 atom stereocenters. The summed E-state index contributed by atoms with van der Waals surface area (Å²) in [6, 6.07) is 8.21. The smallest absolute Gasteiger partial charge is 0.305 e. The average Bonchev–Trinajstić information content (AvgIpc) is 2.69. The van der Waals surface area contributed by atoms with Gasteiger partial charge in [0.15, 0.2) is 5.12 Å². The molecule has 1 rings (SSSR count). The lowest BCUT2D eigenvalue weighted by Crippen LogP contribution is -2.15. The maximum absolute atomic E-state index is 11.5. The van der Waals surface area contributed by atoms with E-state index >= 15 is 0 Å². The van der Waals surface area contributed by atoms with Crippen molar-refractivity contribution in [3.63, 3.8) is 0 Å². The standard InChI is InChI=1S/C23H32O4S/c1-4-5-8-11-20-14-16-21(17-15-20)27-18-22(28-19(2)24)12-9-6-7-10-13-23(25)26-3/h14-17,22H,4-5,7-8,10-13,18H2,1-3H3. The molecule has 0 radical (unpaired) electrons. The molecule has 4 nitrogen and oxygen atoms in total. The molecule has 0 spiro atoms. The highest BCUT2D eigenvalue weighted by Gasteiger charge is 2.12. The van der Waals surface area contributed by atoms with E-state index in [0.717, 1.165) is 12.2 Å². The Balaban J connectivity index is 2.42. The fourth-order valence-electron chi connectivity index (χ4n) is 2.59. The summed E-state index contributed by atoms with van der Waals surface area (Å²) in [4.78, 5) is 22.5. The van der Waals surface area contributed by atoms with E-state index in [1.54, 1.807) is 6.92 Å². The van der Waals surface area contributed by atoms with Crippen molar-refractivity contribution in [2.45, 2.75) is 70.5 Å². The monoisotopic (exact) mass is 404 g/mol. The zero-order valence-corrected chi connectivity index (χ0v) is 18.1. The Morgan fingerprint density at radius 2 is 1.86 bits per heavy atom. The molecule has 5 heteroatoms. The number of esters is 1. The Bertz CT molecular complexity index is 643. The molecule has 0 aliphatic rings. The first-order valence-corrected chi connectivity index (χ1v) is 10.8. The normalized spacial score (nSPS) is 11.2. The van der Waals surface area contributed by atoms with Crippen LogP contribution in [-0.4, -0.2) is 30.1 Å². The third kappa shape index (κ3) is 11.7. The number of thioether (sulfide) groups is 1. The van der Waals surface area contributed by atoms with Gasteiger partial charge in [0.2, 0.25) is 0 Å². The Labute approximate surface area is 173 Å². The Kier molecular flexibility index (Phi) is 13.0. The maximum atomic E-state index is 11.5. The van der Waals surface area contributed by atoms with Crippen LogP contribution in [-0.2, 0) is 20.7 Å². The van der Waals surface area contributed by atoms with Crippen LogP contribution in [0, 0.1) is 11.8 Å². The lowest BCUT2D eigenvalue weighted by Gasteiger charge is -2.14. The minimum absolute atomic E-state index is 0.00478. The van der Waals surface area contributed by atoms with E-state index in [1.165, 1.54) is 43.7 Å². The molecule has 0 aliphatic carbocycles. The van der Waals surface area contributed by atoms with Gasteiger partial charge in [0.1, 0.15) is 12.4 Å². The van der Waals surface area contributed by atoms with Crippen LogP contribution in [0.5, 0.6) is 5.75 Å². The van der Waals surface area contributed by atoms with Crippen LogP contribution in [0.25, 0.3) is 0 Å². The number of carbonyl (C=O) groups is 2. The van der Waals surface area contributed by atoms with E-state index in [-0.39, 0.29) is 16.3 Å². The molecule has 0 bridgehead atoms. The van der Waals surface area contributed by atoms with E-state index < -0.39 is 0 Å². The highest BCUT2D eigenvalue weighted by atomic mass is 32.2. The maximum Gasteiger partial charge on any atom is 0.305 e. The molecular weight excluding hydrogens is 372 g/mol. The number of carbonyl (C=O) groups excluding carboxylic acids is 2. The van der Waals surface area contributed by atoms with E-state index in [0.29, 0.717) is 32.3 Å². The Hall–Kier alpha value is -1.93. The number of hydrogen-bond donors (Lipinski definition) is 0. The largest absolute Gasteiger partial charge is 0.492 e. The predicted octanol–water partition coefficient (Wildman–Crippen LogP) is 5.18. The molecule has 1 unspecified atom stereocenters. The van der Waals surface area contributed by atoms with Crippen molar-refractivity contribution >= 4 is 22.8 Å². The topological polar surface area (TPSA) is 52.6 Å². The molecule has 1 aromatic rings. The molecule has 1 aromatic carbocycles. The van der Waals surface area contributed by atoms with Gasteiger partial charge in [-0.1, -0.05) is 43.7 Å². The van der Waals surface area contributed by atoms with Crippen molar-refractivity contribution in [2.75, 3.05) is 13.7 Å². The fraction of sp³-hybridized carbons (Fsp3) is 0.565. The van der Waals surface area contributed by atoms with Gasteiger partial charge in [-0.15, -0.1) is 11.8 Å². The number of aryl methyl sites for hydroxylation is 1. The van der Waals surface area contributed by atoms with Crippen molar-refractivity contribution in [3.8, 4) is 17.6 Å². The zero-order chi connectivity index (χ0) is 20.6. The summed E-state index contributed by atoms with van der Waals surface area (Å²) in [5, 5.41) is 0.0576. The molecular formula is C23H32O4S. The second kappa shape index (κ2) is 15.0. The summed E-state index contributed by atoms with van der Waals surface area (Å²) in [5.74, 6) is 6.77. The number of ether oxygens (including phenoxy) is 2. The first-order valence-electron chi connectivity index (χ1n) is 9.96. The van der Waals surface area contributed by atoms with Crippen LogP contribution >= 0.6 is 11.8 Å². The zero-order valence-electron chi connectivity index (χ0n) is 17.3. The van der Waals surface area contributed by atoms with Gasteiger partial charge in [0.25, 0.3) is 0 Å². The van der Waals surface area contributed by atoms with Gasteiger partial charge < -0.3 is 9.47 Å². The molecule has 0 N–H and O–H groups in total. The van der Waals surface area contributed by atoms with E-state index in [1.807, 2.05) is 12.1 Å². The van der Waals surface area contributed by atoms with E-state index in [4.69, 9.17) is 4.74 Å². The van der Waals surface area contributed by atoms with E-state index in [2.05, 4.69) is 35.6 Å². The third-order valence-corrected chi connectivity index (χ3v) is 5.09. The van der Waals surface area contributed by atoms with Crippen LogP contribution < -0.4 is 4.74 Å². The fourth-order valence-corrected chi connectivity index (χ4v) is 3.36. The van der Waals surface area contributed by atoms with Crippen LogP contribution in [0.3, 0.4) is 0 Å².